The highest BCUT2D eigenvalue weighted by Crippen LogP contribution is 2.42. The van der Waals surface area contributed by atoms with Crippen LogP contribution in [0, 0.1) is 11.8 Å². The van der Waals surface area contributed by atoms with Crippen molar-refractivity contribution in [1.29, 1.82) is 0 Å². The average Bonchev–Trinajstić information content (AvgIpc) is 3.36. The molecule has 5 rings (SSSR count). The fraction of sp³-hybridized carbons (Fsp3) is 0.375. The van der Waals surface area contributed by atoms with E-state index in [1.165, 1.54) is 6.92 Å². The number of carbonyl (C=O) groups excluding carboxylic acids is 2. The first kappa shape index (κ1) is 19.8. The van der Waals surface area contributed by atoms with Crippen molar-refractivity contribution in [2.24, 2.45) is 11.8 Å². The van der Waals surface area contributed by atoms with Crippen molar-refractivity contribution >= 4 is 28.5 Å². The van der Waals surface area contributed by atoms with E-state index < -0.39 is 6.10 Å². The zero-order valence-corrected chi connectivity index (χ0v) is 17.4. The summed E-state index contributed by atoms with van der Waals surface area (Å²) in [5.41, 5.74) is 3.26. The van der Waals surface area contributed by atoms with Crippen molar-refractivity contribution in [3.05, 3.63) is 60.4 Å². The quantitative estimate of drug-likeness (QED) is 0.684. The van der Waals surface area contributed by atoms with Crippen molar-refractivity contribution in [2.45, 2.75) is 31.9 Å². The molecule has 2 aromatic carbocycles. The standard InChI is InChI=1S/C24H26N4O3/c1-15(29)26-19-8-6-16(7-9-19)24(31)27-12-17-10-22(23(30)11-18(17)13-27)28-14-25-20-4-2-3-5-21(20)28/h2-9,14,17-18,22-23,30H,10-13H2,1H3,(H,26,29)/t17-,18+,22-,23-/m1/s1. The molecule has 1 aliphatic heterocycles. The third-order valence-corrected chi connectivity index (χ3v) is 6.69. The number of aliphatic hydroxyl groups is 1. The maximum absolute atomic E-state index is 13.1. The summed E-state index contributed by atoms with van der Waals surface area (Å²) in [5.74, 6) is 0.533. The number of para-hydroxylation sites is 2. The Bertz CT molecular complexity index is 1120. The van der Waals surface area contributed by atoms with Gasteiger partial charge in [0.25, 0.3) is 5.91 Å². The van der Waals surface area contributed by atoms with Crippen LogP contribution in [0.3, 0.4) is 0 Å². The van der Waals surface area contributed by atoms with E-state index in [9.17, 15) is 14.7 Å². The molecular weight excluding hydrogens is 392 g/mol. The second-order valence-corrected chi connectivity index (χ2v) is 8.74. The molecule has 2 amide bonds. The van der Waals surface area contributed by atoms with Crippen molar-refractivity contribution in [3.8, 4) is 0 Å². The van der Waals surface area contributed by atoms with Crippen LogP contribution in [0.4, 0.5) is 5.69 Å². The molecule has 7 nitrogen and oxygen atoms in total. The van der Waals surface area contributed by atoms with Crippen LogP contribution in [0.25, 0.3) is 11.0 Å². The van der Waals surface area contributed by atoms with Crippen LogP contribution in [-0.2, 0) is 4.79 Å². The van der Waals surface area contributed by atoms with Crippen LogP contribution < -0.4 is 5.32 Å². The number of hydrogen-bond acceptors (Lipinski definition) is 4. The van der Waals surface area contributed by atoms with Gasteiger partial charge >= 0.3 is 0 Å². The predicted molar refractivity (Wildman–Crippen MR) is 118 cm³/mol. The van der Waals surface area contributed by atoms with Crippen molar-refractivity contribution in [1.82, 2.24) is 14.5 Å². The normalized spacial score (nSPS) is 25.4. The maximum atomic E-state index is 13.1. The summed E-state index contributed by atoms with van der Waals surface area (Å²) in [5, 5.41) is 13.6. The second kappa shape index (κ2) is 7.81. The summed E-state index contributed by atoms with van der Waals surface area (Å²) >= 11 is 0. The highest BCUT2D eigenvalue weighted by Gasteiger charge is 2.43. The minimum absolute atomic E-state index is 0.00268. The molecule has 2 fully saturated rings. The zero-order valence-electron chi connectivity index (χ0n) is 17.4. The van der Waals surface area contributed by atoms with Crippen molar-refractivity contribution in [3.63, 3.8) is 0 Å². The molecule has 2 heterocycles. The van der Waals surface area contributed by atoms with Gasteiger partial charge in [0.1, 0.15) is 0 Å². The lowest BCUT2D eigenvalue weighted by molar-refractivity contribution is -0.114. The number of anilines is 1. The molecule has 0 bridgehead atoms. The average molecular weight is 418 g/mol. The van der Waals surface area contributed by atoms with Gasteiger partial charge in [-0.1, -0.05) is 12.1 Å². The summed E-state index contributed by atoms with van der Waals surface area (Å²) in [6.45, 7) is 2.83. The van der Waals surface area contributed by atoms with Gasteiger partial charge in [0, 0.05) is 31.3 Å². The number of imidazole rings is 1. The summed E-state index contributed by atoms with van der Waals surface area (Å²) in [4.78, 5) is 30.6. The number of hydrogen-bond donors (Lipinski definition) is 2. The van der Waals surface area contributed by atoms with Gasteiger partial charge in [-0.15, -0.1) is 0 Å². The van der Waals surface area contributed by atoms with E-state index >= 15 is 0 Å². The molecule has 7 heteroatoms. The van der Waals surface area contributed by atoms with Gasteiger partial charge in [-0.3, -0.25) is 9.59 Å². The van der Waals surface area contributed by atoms with E-state index in [4.69, 9.17) is 0 Å². The summed E-state index contributed by atoms with van der Waals surface area (Å²) in [6.07, 6.45) is 2.89. The molecule has 1 saturated heterocycles. The molecule has 0 unspecified atom stereocenters. The summed E-state index contributed by atoms with van der Waals surface area (Å²) in [7, 11) is 0. The summed E-state index contributed by atoms with van der Waals surface area (Å²) in [6, 6.07) is 15.0. The van der Waals surface area contributed by atoms with Gasteiger partial charge < -0.3 is 19.9 Å². The summed E-state index contributed by atoms with van der Waals surface area (Å²) < 4.78 is 2.10. The van der Waals surface area contributed by atoms with E-state index in [0.29, 0.717) is 42.6 Å². The highest BCUT2D eigenvalue weighted by molar-refractivity contribution is 5.95. The SMILES string of the molecule is CC(=O)Nc1ccc(C(=O)N2C[C@H]3C[C@@H](n4cnc5ccccc54)[C@H](O)C[C@H]3C2)cc1. The van der Waals surface area contributed by atoms with E-state index in [2.05, 4.69) is 14.9 Å². The minimum Gasteiger partial charge on any atom is -0.391 e. The lowest BCUT2D eigenvalue weighted by Gasteiger charge is -2.36. The number of likely N-dealkylation sites (tertiary alicyclic amines) is 1. The fourth-order valence-corrected chi connectivity index (χ4v) is 5.20. The highest BCUT2D eigenvalue weighted by atomic mass is 16.3. The fourth-order valence-electron chi connectivity index (χ4n) is 5.20. The number of benzene rings is 2. The van der Waals surface area contributed by atoms with E-state index in [-0.39, 0.29) is 17.9 Å². The Morgan fingerprint density at radius 2 is 1.74 bits per heavy atom. The molecule has 160 valence electrons. The van der Waals surface area contributed by atoms with E-state index in [0.717, 1.165) is 17.5 Å². The van der Waals surface area contributed by atoms with Crippen LogP contribution >= 0.6 is 0 Å². The zero-order chi connectivity index (χ0) is 21.5. The Balaban J connectivity index is 1.30. The lowest BCUT2D eigenvalue weighted by Crippen LogP contribution is -2.36. The number of aliphatic hydroxyl groups excluding tert-OH is 1. The van der Waals surface area contributed by atoms with Gasteiger partial charge in [0.2, 0.25) is 5.91 Å². The number of carbonyl (C=O) groups is 2. The molecule has 0 spiro atoms. The van der Waals surface area contributed by atoms with E-state index in [1.807, 2.05) is 35.5 Å². The van der Waals surface area contributed by atoms with Crippen LogP contribution in [0.5, 0.6) is 0 Å². The molecular formula is C24H26N4O3. The molecule has 0 radical (unpaired) electrons. The Labute approximate surface area is 180 Å². The third-order valence-electron chi connectivity index (χ3n) is 6.69. The number of fused-ring (bicyclic) bond motifs is 2. The van der Waals surface area contributed by atoms with Crippen LogP contribution in [0.2, 0.25) is 0 Å². The largest absolute Gasteiger partial charge is 0.391 e. The van der Waals surface area contributed by atoms with Gasteiger partial charge in [-0.2, -0.15) is 0 Å². The molecule has 1 saturated carbocycles. The van der Waals surface area contributed by atoms with Crippen molar-refractivity contribution in [2.75, 3.05) is 18.4 Å². The monoisotopic (exact) mass is 418 g/mol. The van der Waals surface area contributed by atoms with Crippen LogP contribution in [-0.4, -0.2) is 50.6 Å². The van der Waals surface area contributed by atoms with Crippen LogP contribution in [0.15, 0.2) is 54.9 Å². The van der Waals surface area contributed by atoms with E-state index in [1.54, 1.807) is 24.3 Å². The Kier molecular flexibility index (Phi) is 4.98. The smallest absolute Gasteiger partial charge is 0.253 e. The Hall–Kier alpha value is -3.19. The molecule has 1 aromatic heterocycles. The maximum Gasteiger partial charge on any atom is 0.253 e. The molecule has 31 heavy (non-hydrogen) atoms. The van der Waals surface area contributed by atoms with Crippen molar-refractivity contribution < 1.29 is 14.7 Å². The third kappa shape index (κ3) is 3.70. The molecule has 4 atom stereocenters. The molecule has 3 aromatic rings. The number of nitrogens with zero attached hydrogens (tertiary/aromatic N) is 3. The molecule has 2 N–H and O–H groups in total. The van der Waals surface area contributed by atoms with Gasteiger partial charge in [-0.25, -0.2) is 4.98 Å². The Morgan fingerprint density at radius 3 is 2.48 bits per heavy atom. The first-order chi connectivity index (χ1) is 15.0. The first-order valence-corrected chi connectivity index (χ1v) is 10.8. The predicted octanol–water partition coefficient (Wildman–Crippen LogP) is 3.08. The second-order valence-electron chi connectivity index (χ2n) is 8.74. The van der Waals surface area contributed by atoms with Gasteiger partial charge in [-0.05, 0) is 61.1 Å². The Morgan fingerprint density at radius 1 is 1.03 bits per heavy atom. The topological polar surface area (TPSA) is 87.5 Å². The molecule has 2 aliphatic rings. The molecule has 1 aliphatic carbocycles. The number of nitrogens with one attached hydrogen (secondary N) is 1. The number of amides is 2. The van der Waals surface area contributed by atoms with Gasteiger partial charge in [0.15, 0.2) is 0 Å². The lowest BCUT2D eigenvalue weighted by atomic mass is 9.77. The first-order valence-electron chi connectivity index (χ1n) is 10.8. The number of aromatic nitrogens is 2. The van der Waals surface area contributed by atoms with Crippen LogP contribution in [0.1, 0.15) is 36.2 Å². The minimum atomic E-state index is -0.453. The van der Waals surface area contributed by atoms with Gasteiger partial charge in [0.05, 0.1) is 29.5 Å². The number of rotatable bonds is 3.